The van der Waals surface area contributed by atoms with E-state index in [4.69, 9.17) is 4.74 Å². The molecule has 0 bridgehead atoms. The molecule has 3 aromatic carbocycles. The second-order valence-electron chi connectivity index (χ2n) is 7.28. The Morgan fingerprint density at radius 2 is 1.84 bits per heavy atom. The quantitative estimate of drug-likeness (QED) is 0.408. The minimum atomic E-state index is 0.0754. The highest BCUT2D eigenvalue weighted by atomic mass is 16.5. The molecule has 152 valence electrons. The molecule has 0 saturated carbocycles. The van der Waals surface area contributed by atoms with Crippen LogP contribution in [0, 0.1) is 0 Å². The molecule has 0 unspecified atom stereocenters. The second-order valence-corrected chi connectivity index (χ2v) is 7.28. The number of nitrogens with one attached hydrogen (secondary N) is 1. The fourth-order valence-electron chi connectivity index (χ4n) is 3.57. The Kier molecular flexibility index (Phi) is 4.80. The SMILES string of the molecule is COc1ccc(-c2nc3ccc(CC(=O)c4ccc(-n5ccnc5)cc4)cc3[nH]2)cc1. The molecule has 6 heteroatoms. The average Bonchev–Trinajstić information content (AvgIpc) is 3.49. The van der Waals surface area contributed by atoms with Crippen molar-refractivity contribution in [3.63, 3.8) is 0 Å². The molecule has 0 aliphatic carbocycles. The summed E-state index contributed by atoms with van der Waals surface area (Å²) in [6, 6.07) is 21.2. The predicted octanol–water partition coefficient (Wildman–Crippen LogP) is 4.85. The number of benzene rings is 3. The largest absolute Gasteiger partial charge is 0.497 e. The summed E-state index contributed by atoms with van der Waals surface area (Å²) in [6.07, 6.45) is 5.66. The van der Waals surface area contributed by atoms with Crippen LogP contribution in [-0.2, 0) is 6.42 Å². The van der Waals surface area contributed by atoms with Gasteiger partial charge >= 0.3 is 0 Å². The van der Waals surface area contributed by atoms with Crippen molar-refractivity contribution in [2.24, 2.45) is 0 Å². The van der Waals surface area contributed by atoms with E-state index in [2.05, 4.69) is 15.0 Å². The maximum Gasteiger partial charge on any atom is 0.167 e. The normalized spacial score (nSPS) is 11.0. The molecule has 0 amide bonds. The summed E-state index contributed by atoms with van der Waals surface area (Å²) in [5.41, 5.74) is 5.36. The maximum atomic E-state index is 12.8. The van der Waals surface area contributed by atoms with Crippen LogP contribution in [0.25, 0.3) is 28.1 Å². The van der Waals surface area contributed by atoms with E-state index in [1.807, 2.05) is 77.5 Å². The summed E-state index contributed by atoms with van der Waals surface area (Å²) in [5, 5.41) is 0. The van der Waals surface area contributed by atoms with Gasteiger partial charge in [-0.05, 0) is 66.2 Å². The van der Waals surface area contributed by atoms with Crippen molar-refractivity contribution in [3.8, 4) is 22.8 Å². The van der Waals surface area contributed by atoms with Crippen LogP contribution in [0.2, 0.25) is 0 Å². The molecule has 0 spiro atoms. The lowest BCUT2D eigenvalue weighted by atomic mass is 10.0. The molecule has 0 radical (unpaired) electrons. The number of aromatic nitrogens is 4. The number of carbonyl (C=O) groups excluding carboxylic acids is 1. The van der Waals surface area contributed by atoms with E-state index in [1.165, 1.54) is 0 Å². The highest BCUT2D eigenvalue weighted by Crippen LogP contribution is 2.24. The van der Waals surface area contributed by atoms with Gasteiger partial charge in [0.15, 0.2) is 5.78 Å². The Morgan fingerprint density at radius 3 is 2.55 bits per heavy atom. The predicted molar refractivity (Wildman–Crippen MR) is 120 cm³/mol. The van der Waals surface area contributed by atoms with Gasteiger partial charge in [0.1, 0.15) is 11.6 Å². The number of fused-ring (bicyclic) bond motifs is 1. The van der Waals surface area contributed by atoms with Crippen LogP contribution in [-0.4, -0.2) is 32.4 Å². The third kappa shape index (κ3) is 3.83. The average molecular weight is 408 g/mol. The number of hydrogen-bond donors (Lipinski definition) is 1. The third-order valence-corrected chi connectivity index (χ3v) is 5.27. The molecule has 5 rings (SSSR count). The lowest BCUT2D eigenvalue weighted by Crippen LogP contribution is -2.04. The van der Waals surface area contributed by atoms with Crippen LogP contribution in [0.4, 0.5) is 0 Å². The number of ether oxygens (including phenoxy) is 1. The third-order valence-electron chi connectivity index (χ3n) is 5.27. The maximum absolute atomic E-state index is 12.8. The van der Waals surface area contributed by atoms with Gasteiger partial charge in [0.2, 0.25) is 0 Å². The smallest absolute Gasteiger partial charge is 0.167 e. The van der Waals surface area contributed by atoms with Crippen LogP contribution in [0.5, 0.6) is 5.75 Å². The molecule has 5 aromatic rings. The van der Waals surface area contributed by atoms with Crippen molar-refractivity contribution in [2.45, 2.75) is 6.42 Å². The Labute approximate surface area is 179 Å². The van der Waals surface area contributed by atoms with Crippen LogP contribution < -0.4 is 4.74 Å². The Morgan fingerprint density at radius 1 is 1.03 bits per heavy atom. The Hall–Kier alpha value is -4.19. The zero-order chi connectivity index (χ0) is 21.2. The van der Waals surface area contributed by atoms with Gasteiger partial charge in [-0.2, -0.15) is 0 Å². The minimum absolute atomic E-state index is 0.0754. The minimum Gasteiger partial charge on any atom is -0.497 e. The first kappa shape index (κ1) is 18.8. The number of Topliss-reactive ketones (excluding diaryl/α,β-unsaturated/α-hetero) is 1. The summed E-state index contributed by atoms with van der Waals surface area (Å²) >= 11 is 0. The number of rotatable bonds is 6. The first-order chi connectivity index (χ1) is 15.2. The zero-order valence-corrected chi connectivity index (χ0v) is 16.9. The van der Waals surface area contributed by atoms with Crippen molar-refractivity contribution >= 4 is 16.8 Å². The van der Waals surface area contributed by atoms with E-state index in [-0.39, 0.29) is 5.78 Å². The molecule has 0 saturated heterocycles. The number of H-pyrrole nitrogens is 1. The van der Waals surface area contributed by atoms with Crippen molar-refractivity contribution < 1.29 is 9.53 Å². The lowest BCUT2D eigenvalue weighted by molar-refractivity contribution is 0.0993. The van der Waals surface area contributed by atoms with Gasteiger partial charge in [-0.1, -0.05) is 6.07 Å². The van der Waals surface area contributed by atoms with E-state index < -0.39 is 0 Å². The summed E-state index contributed by atoms with van der Waals surface area (Å²) in [7, 11) is 1.65. The number of methoxy groups -OCH3 is 1. The van der Waals surface area contributed by atoms with Crippen molar-refractivity contribution in [3.05, 3.63) is 96.6 Å². The van der Waals surface area contributed by atoms with Gasteiger partial charge in [-0.25, -0.2) is 9.97 Å². The Bertz CT molecular complexity index is 1340. The van der Waals surface area contributed by atoms with Gasteiger partial charge in [0, 0.05) is 35.6 Å². The first-order valence-corrected chi connectivity index (χ1v) is 9.94. The number of aromatic amines is 1. The standard InChI is InChI=1S/C25H20N4O2/c1-31-21-9-5-19(6-10-21)25-27-22-11-2-17(14-23(22)28-25)15-24(30)18-3-7-20(8-4-18)29-13-12-26-16-29/h2-14,16H,15H2,1H3,(H,27,28). The molecule has 2 aromatic heterocycles. The van der Waals surface area contributed by atoms with Crippen LogP contribution in [0.3, 0.4) is 0 Å². The number of ketones is 1. The van der Waals surface area contributed by atoms with Crippen molar-refractivity contribution in [2.75, 3.05) is 7.11 Å². The number of carbonyl (C=O) groups is 1. The van der Waals surface area contributed by atoms with Crippen LogP contribution >= 0.6 is 0 Å². The molecule has 1 N–H and O–H groups in total. The monoisotopic (exact) mass is 408 g/mol. The number of nitrogens with zero attached hydrogens (tertiary/aromatic N) is 3. The molecule has 0 atom stereocenters. The molecular formula is C25H20N4O2. The summed E-state index contributed by atoms with van der Waals surface area (Å²) < 4.78 is 7.12. The Balaban J connectivity index is 1.34. The van der Waals surface area contributed by atoms with E-state index >= 15 is 0 Å². The molecule has 2 heterocycles. The summed E-state index contributed by atoms with van der Waals surface area (Å²) in [5.74, 6) is 1.67. The summed E-state index contributed by atoms with van der Waals surface area (Å²) in [4.78, 5) is 24.8. The van der Waals surface area contributed by atoms with Gasteiger partial charge in [-0.15, -0.1) is 0 Å². The first-order valence-electron chi connectivity index (χ1n) is 9.94. The molecule has 0 aliphatic heterocycles. The molecule has 6 nitrogen and oxygen atoms in total. The number of hydrogen-bond acceptors (Lipinski definition) is 4. The summed E-state index contributed by atoms with van der Waals surface area (Å²) in [6.45, 7) is 0. The highest BCUT2D eigenvalue weighted by Gasteiger charge is 2.11. The fourth-order valence-corrected chi connectivity index (χ4v) is 3.57. The lowest BCUT2D eigenvalue weighted by Gasteiger charge is -2.05. The van der Waals surface area contributed by atoms with E-state index in [9.17, 15) is 4.79 Å². The fraction of sp³-hybridized carbons (Fsp3) is 0.0800. The highest BCUT2D eigenvalue weighted by molar-refractivity contribution is 5.98. The van der Waals surface area contributed by atoms with Gasteiger partial charge in [-0.3, -0.25) is 4.79 Å². The van der Waals surface area contributed by atoms with Gasteiger partial charge in [0.05, 0.1) is 24.5 Å². The van der Waals surface area contributed by atoms with E-state index in [0.717, 1.165) is 39.4 Å². The van der Waals surface area contributed by atoms with E-state index in [0.29, 0.717) is 12.0 Å². The van der Waals surface area contributed by atoms with E-state index in [1.54, 1.807) is 19.6 Å². The topological polar surface area (TPSA) is 72.8 Å². The van der Waals surface area contributed by atoms with Gasteiger partial charge < -0.3 is 14.3 Å². The molecular weight excluding hydrogens is 388 g/mol. The molecule has 31 heavy (non-hydrogen) atoms. The van der Waals surface area contributed by atoms with Crippen LogP contribution in [0.15, 0.2) is 85.5 Å². The second kappa shape index (κ2) is 7.91. The van der Waals surface area contributed by atoms with Crippen molar-refractivity contribution in [1.82, 2.24) is 19.5 Å². The van der Waals surface area contributed by atoms with Crippen LogP contribution in [0.1, 0.15) is 15.9 Å². The molecule has 0 fully saturated rings. The molecule has 0 aliphatic rings. The van der Waals surface area contributed by atoms with Gasteiger partial charge in [0.25, 0.3) is 0 Å². The van der Waals surface area contributed by atoms with Crippen molar-refractivity contribution in [1.29, 1.82) is 0 Å². The zero-order valence-electron chi connectivity index (χ0n) is 16.9. The number of imidazole rings is 2.